The minimum Gasteiger partial charge on any atom is -0.493 e. The fourth-order valence-electron chi connectivity index (χ4n) is 2.91. The van der Waals surface area contributed by atoms with Crippen molar-refractivity contribution in [3.8, 4) is 11.5 Å². The molecule has 0 fully saturated rings. The van der Waals surface area contributed by atoms with Crippen LogP contribution in [0.15, 0.2) is 48.8 Å². The maximum Gasteiger partial charge on any atom is 0.221 e. The van der Waals surface area contributed by atoms with Gasteiger partial charge in [0.05, 0.1) is 19.7 Å². The van der Waals surface area contributed by atoms with E-state index >= 15 is 0 Å². The van der Waals surface area contributed by atoms with Gasteiger partial charge in [0, 0.05) is 24.9 Å². The highest BCUT2D eigenvalue weighted by molar-refractivity contribution is 5.88. The minimum atomic E-state index is -0.00802. The van der Waals surface area contributed by atoms with Crippen LogP contribution >= 0.6 is 0 Å². The molecule has 7 nitrogen and oxygen atoms in total. The lowest BCUT2D eigenvalue weighted by Crippen LogP contribution is -2.27. The highest BCUT2D eigenvalue weighted by Crippen LogP contribution is 2.27. The molecule has 0 atom stereocenters. The average Bonchev–Trinajstić information content (AvgIpc) is 2.73. The van der Waals surface area contributed by atoms with Crippen molar-refractivity contribution >= 4 is 22.6 Å². The van der Waals surface area contributed by atoms with Crippen molar-refractivity contribution in [2.24, 2.45) is 0 Å². The van der Waals surface area contributed by atoms with Crippen molar-refractivity contribution in [1.82, 2.24) is 15.3 Å². The number of anilines is 1. The third kappa shape index (κ3) is 4.88. The number of amides is 1. The van der Waals surface area contributed by atoms with E-state index in [2.05, 4.69) is 20.6 Å². The summed E-state index contributed by atoms with van der Waals surface area (Å²) >= 11 is 0. The van der Waals surface area contributed by atoms with Gasteiger partial charge in [0.15, 0.2) is 11.5 Å². The Bertz CT molecular complexity index is 941. The van der Waals surface area contributed by atoms with E-state index in [1.54, 1.807) is 14.2 Å². The number of hydrogen-bond donors (Lipinski definition) is 2. The molecule has 0 aliphatic rings. The van der Waals surface area contributed by atoms with Crippen LogP contribution in [0.25, 0.3) is 10.9 Å². The topological polar surface area (TPSA) is 85.4 Å². The fraction of sp³-hybridized carbons (Fsp3) is 0.286. The summed E-state index contributed by atoms with van der Waals surface area (Å²) in [6.45, 7) is 1.06. The van der Waals surface area contributed by atoms with E-state index in [4.69, 9.17) is 9.47 Å². The first-order valence-corrected chi connectivity index (χ1v) is 9.12. The Balaban J connectivity index is 1.44. The van der Waals surface area contributed by atoms with Gasteiger partial charge in [-0.2, -0.15) is 0 Å². The summed E-state index contributed by atoms with van der Waals surface area (Å²) in [5.41, 5.74) is 1.95. The highest BCUT2D eigenvalue weighted by Gasteiger charge is 2.07. The monoisotopic (exact) mass is 380 g/mol. The van der Waals surface area contributed by atoms with Gasteiger partial charge in [0.1, 0.15) is 12.1 Å². The van der Waals surface area contributed by atoms with Crippen molar-refractivity contribution in [3.63, 3.8) is 0 Å². The number of nitrogens with one attached hydrogen (secondary N) is 2. The number of hydrogen-bond acceptors (Lipinski definition) is 6. The van der Waals surface area contributed by atoms with Crippen molar-refractivity contribution in [2.75, 3.05) is 32.6 Å². The van der Waals surface area contributed by atoms with Gasteiger partial charge in [-0.05, 0) is 36.2 Å². The van der Waals surface area contributed by atoms with Gasteiger partial charge in [-0.25, -0.2) is 9.97 Å². The number of benzene rings is 2. The molecule has 7 heteroatoms. The van der Waals surface area contributed by atoms with Gasteiger partial charge < -0.3 is 20.1 Å². The smallest absolute Gasteiger partial charge is 0.221 e. The summed E-state index contributed by atoms with van der Waals surface area (Å²) in [7, 11) is 3.22. The largest absolute Gasteiger partial charge is 0.493 e. The highest BCUT2D eigenvalue weighted by atomic mass is 16.5. The normalized spacial score (nSPS) is 10.5. The molecule has 0 saturated carbocycles. The molecule has 0 spiro atoms. The van der Waals surface area contributed by atoms with Gasteiger partial charge in [-0.3, -0.25) is 4.79 Å². The zero-order valence-electron chi connectivity index (χ0n) is 16.1. The number of fused-ring (bicyclic) bond motifs is 1. The van der Waals surface area contributed by atoms with Crippen LogP contribution in [-0.4, -0.2) is 43.2 Å². The van der Waals surface area contributed by atoms with Crippen LogP contribution < -0.4 is 20.1 Å². The molecule has 0 saturated heterocycles. The molecule has 0 radical (unpaired) electrons. The predicted octanol–water partition coefficient (Wildman–Crippen LogP) is 2.81. The summed E-state index contributed by atoms with van der Waals surface area (Å²) in [4.78, 5) is 20.6. The molecular weight excluding hydrogens is 356 g/mol. The number of methoxy groups -OCH3 is 2. The number of para-hydroxylation sites is 1. The van der Waals surface area contributed by atoms with E-state index < -0.39 is 0 Å². The lowest BCUT2D eigenvalue weighted by Gasteiger charge is -2.10. The molecular formula is C21H24N4O3. The number of aromatic nitrogens is 2. The van der Waals surface area contributed by atoms with Gasteiger partial charge in [-0.15, -0.1) is 0 Å². The fourth-order valence-corrected chi connectivity index (χ4v) is 2.91. The second-order valence-electron chi connectivity index (χ2n) is 6.21. The van der Waals surface area contributed by atoms with E-state index in [1.807, 2.05) is 42.5 Å². The summed E-state index contributed by atoms with van der Waals surface area (Å²) in [6, 6.07) is 13.5. The molecule has 1 aromatic heterocycles. The van der Waals surface area contributed by atoms with Gasteiger partial charge in [-0.1, -0.05) is 18.2 Å². The van der Waals surface area contributed by atoms with E-state index in [0.29, 0.717) is 31.0 Å². The Labute approximate surface area is 164 Å². The van der Waals surface area contributed by atoms with E-state index in [0.717, 1.165) is 28.7 Å². The lowest BCUT2D eigenvalue weighted by molar-refractivity contribution is -0.120. The molecule has 28 heavy (non-hydrogen) atoms. The maximum atomic E-state index is 12.1. The molecule has 0 bridgehead atoms. The third-order valence-corrected chi connectivity index (χ3v) is 4.37. The molecule has 1 amide bonds. The quantitative estimate of drug-likeness (QED) is 0.594. The molecule has 2 aromatic carbocycles. The summed E-state index contributed by atoms with van der Waals surface area (Å²) in [6.07, 6.45) is 2.61. The first kappa shape index (κ1) is 19.4. The first-order chi connectivity index (χ1) is 13.7. The lowest BCUT2D eigenvalue weighted by atomic mass is 10.1. The molecule has 1 heterocycles. The second-order valence-corrected chi connectivity index (χ2v) is 6.21. The van der Waals surface area contributed by atoms with Crippen molar-refractivity contribution in [1.29, 1.82) is 0 Å². The van der Waals surface area contributed by atoms with Gasteiger partial charge >= 0.3 is 0 Å². The number of nitrogens with zero attached hydrogens (tertiary/aromatic N) is 2. The standard InChI is InChI=1S/C21H24N4O3/c1-27-18-8-7-15(13-19(18)28-2)9-11-22-20(26)10-12-23-21-16-5-3-4-6-17(16)24-14-25-21/h3-8,13-14H,9-12H2,1-2H3,(H,22,26)(H,23,24,25). The molecule has 0 unspecified atom stereocenters. The number of carbonyl (C=O) groups excluding carboxylic acids is 1. The van der Waals surface area contributed by atoms with Gasteiger partial charge in [0.25, 0.3) is 0 Å². The predicted molar refractivity (Wildman–Crippen MR) is 109 cm³/mol. The van der Waals surface area contributed by atoms with E-state index in [9.17, 15) is 4.79 Å². The zero-order chi connectivity index (χ0) is 19.8. The summed E-state index contributed by atoms with van der Waals surface area (Å²) < 4.78 is 10.5. The second kappa shape index (κ2) is 9.55. The Kier molecular flexibility index (Phi) is 6.62. The van der Waals surface area contributed by atoms with Crippen molar-refractivity contribution in [2.45, 2.75) is 12.8 Å². The van der Waals surface area contributed by atoms with Crippen LogP contribution in [0.3, 0.4) is 0 Å². The molecule has 3 rings (SSSR count). The molecule has 3 aromatic rings. The average molecular weight is 380 g/mol. The van der Waals surface area contributed by atoms with E-state index in [1.165, 1.54) is 6.33 Å². The van der Waals surface area contributed by atoms with Crippen LogP contribution in [-0.2, 0) is 11.2 Å². The molecule has 146 valence electrons. The third-order valence-electron chi connectivity index (χ3n) is 4.37. The Morgan fingerprint density at radius 1 is 1.00 bits per heavy atom. The van der Waals surface area contributed by atoms with Gasteiger partial charge in [0.2, 0.25) is 5.91 Å². The van der Waals surface area contributed by atoms with E-state index in [-0.39, 0.29) is 5.91 Å². The molecule has 0 aliphatic heterocycles. The Morgan fingerprint density at radius 3 is 2.64 bits per heavy atom. The number of carbonyl (C=O) groups is 1. The zero-order valence-corrected chi connectivity index (χ0v) is 16.1. The SMILES string of the molecule is COc1ccc(CCNC(=O)CCNc2ncnc3ccccc23)cc1OC. The molecule has 0 aliphatic carbocycles. The van der Waals surface area contributed by atoms with Crippen LogP contribution in [0.4, 0.5) is 5.82 Å². The number of ether oxygens (including phenoxy) is 2. The number of rotatable bonds is 9. The first-order valence-electron chi connectivity index (χ1n) is 9.12. The van der Waals surface area contributed by atoms with Crippen molar-refractivity contribution < 1.29 is 14.3 Å². The van der Waals surface area contributed by atoms with Crippen molar-refractivity contribution in [3.05, 3.63) is 54.4 Å². The molecule has 2 N–H and O–H groups in total. The summed E-state index contributed by atoms with van der Waals surface area (Å²) in [5.74, 6) is 2.11. The van der Waals surface area contributed by atoms with Crippen LogP contribution in [0.5, 0.6) is 11.5 Å². The Hall–Kier alpha value is -3.35. The minimum absolute atomic E-state index is 0.00802. The summed E-state index contributed by atoms with van der Waals surface area (Å²) in [5, 5.41) is 7.09. The van der Waals surface area contributed by atoms with Crippen LogP contribution in [0, 0.1) is 0 Å². The van der Waals surface area contributed by atoms with Crippen LogP contribution in [0.1, 0.15) is 12.0 Å². The maximum absolute atomic E-state index is 12.1. The van der Waals surface area contributed by atoms with Crippen LogP contribution in [0.2, 0.25) is 0 Å². The Morgan fingerprint density at radius 2 is 1.82 bits per heavy atom.